The maximum Gasteiger partial charge on any atom is 2.00 e. The molecule has 0 saturated carbocycles. The van der Waals surface area contributed by atoms with Crippen LogP contribution in [0.1, 0.15) is 0 Å². The predicted molar refractivity (Wildman–Crippen MR) is 44.1 cm³/mol. The SMILES string of the molecule is [Os+2].[Ru].c1cc[cH-]c1.c1cc[cH-]c1. The number of hydrogen-bond donors (Lipinski definition) is 0. The largest absolute Gasteiger partial charge is 2.00 e. The maximum atomic E-state index is 2.00. The van der Waals surface area contributed by atoms with Crippen LogP contribution in [-0.2, 0) is 39.3 Å². The van der Waals surface area contributed by atoms with Gasteiger partial charge in [0.05, 0.1) is 0 Å². The maximum absolute atomic E-state index is 2.00. The summed E-state index contributed by atoms with van der Waals surface area (Å²) in [7, 11) is 0. The molecule has 0 aliphatic carbocycles. The van der Waals surface area contributed by atoms with E-state index in [1.165, 1.54) is 0 Å². The van der Waals surface area contributed by atoms with Gasteiger partial charge in [-0.2, -0.15) is 36.4 Å². The van der Waals surface area contributed by atoms with E-state index in [2.05, 4.69) is 0 Å². The Hall–Kier alpha value is -0.0403. The molecule has 0 N–H and O–H groups in total. The summed E-state index contributed by atoms with van der Waals surface area (Å²) in [5, 5.41) is 0. The van der Waals surface area contributed by atoms with Gasteiger partial charge in [-0.1, -0.05) is 0 Å². The molecule has 0 aliphatic heterocycles. The smallest absolute Gasteiger partial charge is 0.214 e. The first kappa shape index (κ1) is 14.5. The van der Waals surface area contributed by atoms with Crippen molar-refractivity contribution in [1.29, 1.82) is 0 Å². The standard InChI is InChI=1S/2C5H5.Os.Ru/c2*1-2-4-5-3-1;;/h2*1-5H;;/q2*-1;+2;. The number of hydrogen-bond acceptors (Lipinski definition) is 0. The minimum absolute atomic E-state index is 0. The van der Waals surface area contributed by atoms with Crippen molar-refractivity contribution in [2.45, 2.75) is 0 Å². The molecule has 0 heterocycles. The van der Waals surface area contributed by atoms with Crippen molar-refractivity contribution in [1.82, 2.24) is 0 Å². The van der Waals surface area contributed by atoms with Gasteiger partial charge in [0, 0.05) is 19.5 Å². The summed E-state index contributed by atoms with van der Waals surface area (Å²) in [6.45, 7) is 0. The molecule has 0 aliphatic rings. The Balaban J connectivity index is 0. The van der Waals surface area contributed by atoms with Gasteiger partial charge in [-0.3, -0.25) is 0 Å². The summed E-state index contributed by atoms with van der Waals surface area (Å²) in [4.78, 5) is 0. The first-order valence-corrected chi connectivity index (χ1v) is 3.33. The van der Waals surface area contributed by atoms with Crippen LogP contribution in [0.25, 0.3) is 0 Å². The molecule has 0 atom stereocenters. The van der Waals surface area contributed by atoms with E-state index in [9.17, 15) is 0 Å². The van der Waals surface area contributed by atoms with Crippen molar-refractivity contribution in [2.24, 2.45) is 0 Å². The Labute approximate surface area is 99.5 Å². The molecule has 12 heavy (non-hydrogen) atoms. The summed E-state index contributed by atoms with van der Waals surface area (Å²) >= 11 is 0. The monoisotopic (exact) mass is 424 g/mol. The second-order valence-corrected chi connectivity index (χ2v) is 1.92. The van der Waals surface area contributed by atoms with Crippen LogP contribution in [0.5, 0.6) is 0 Å². The molecule has 66 valence electrons. The third-order valence-electron chi connectivity index (χ3n) is 1.11. The first-order chi connectivity index (χ1) is 5.00. The molecule has 0 unspecified atom stereocenters. The van der Waals surface area contributed by atoms with E-state index in [4.69, 9.17) is 0 Å². The topological polar surface area (TPSA) is 0 Å². The molecule has 2 aromatic carbocycles. The predicted octanol–water partition coefficient (Wildman–Crippen LogP) is 2.81. The molecular formula is C10H10OsRu. The van der Waals surface area contributed by atoms with Crippen LogP contribution >= 0.6 is 0 Å². The van der Waals surface area contributed by atoms with Gasteiger partial charge in [0.1, 0.15) is 0 Å². The summed E-state index contributed by atoms with van der Waals surface area (Å²) in [6.07, 6.45) is 0. The van der Waals surface area contributed by atoms with E-state index in [0.717, 1.165) is 0 Å². The summed E-state index contributed by atoms with van der Waals surface area (Å²) in [5.41, 5.74) is 0. The molecule has 0 spiro atoms. The molecule has 0 aromatic heterocycles. The van der Waals surface area contributed by atoms with Crippen molar-refractivity contribution < 1.29 is 39.3 Å². The molecule has 0 radical (unpaired) electrons. The Morgan fingerprint density at radius 1 is 0.583 bits per heavy atom. The van der Waals surface area contributed by atoms with Crippen molar-refractivity contribution in [3.05, 3.63) is 60.7 Å². The zero-order chi connectivity index (χ0) is 7.07. The van der Waals surface area contributed by atoms with Crippen molar-refractivity contribution in [2.75, 3.05) is 0 Å². The number of rotatable bonds is 0. The molecule has 0 amide bonds. The summed E-state index contributed by atoms with van der Waals surface area (Å²) in [5.74, 6) is 0. The van der Waals surface area contributed by atoms with Crippen LogP contribution in [0.2, 0.25) is 0 Å². The minimum Gasteiger partial charge on any atom is -0.214 e. The van der Waals surface area contributed by atoms with Gasteiger partial charge in [0.25, 0.3) is 0 Å². The average molecular weight is 421 g/mol. The fourth-order valence-corrected chi connectivity index (χ4v) is 0.642. The van der Waals surface area contributed by atoms with Crippen LogP contribution in [-0.4, -0.2) is 0 Å². The van der Waals surface area contributed by atoms with Gasteiger partial charge in [-0.15, -0.1) is 0 Å². The van der Waals surface area contributed by atoms with Gasteiger partial charge < -0.3 is 0 Å². The van der Waals surface area contributed by atoms with E-state index in [-0.39, 0.29) is 39.3 Å². The second kappa shape index (κ2) is 11.0. The van der Waals surface area contributed by atoms with E-state index < -0.39 is 0 Å². The van der Waals surface area contributed by atoms with Gasteiger partial charge in [-0.05, 0) is 0 Å². The second-order valence-electron chi connectivity index (χ2n) is 1.92. The van der Waals surface area contributed by atoms with Crippen molar-refractivity contribution >= 4 is 0 Å². The van der Waals surface area contributed by atoms with Gasteiger partial charge in [-0.25, -0.2) is 24.3 Å². The molecule has 0 bridgehead atoms. The molecule has 2 rings (SSSR count). The normalized spacial score (nSPS) is 6.67. The zero-order valence-corrected chi connectivity index (χ0v) is 10.8. The minimum atomic E-state index is 0. The van der Waals surface area contributed by atoms with Crippen molar-refractivity contribution in [3.8, 4) is 0 Å². The van der Waals surface area contributed by atoms with Crippen LogP contribution in [0, 0.1) is 0 Å². The Kier molecular flexibility index (Phi) is 13.2. The third kappa shape index (κ3) is 8.06. The Bertz CT molecular complexity index is 149. The molecule has 2 heteroatoms. The molecule has 0 fully saturated rings. The van der Waals surface area contributed by atoms with Crippen LogP contribution in [0.15, 0.2) is 60.7 Å². The van der Waals surface area contributed by atoms with Crippen LogP contribution < -0.4 is 0 Å². The quantitative estimate of drug-likeness (QED) is 0.453. The van der Waals surface area contributed by atoms with Gasteiger partial charge >= 0.3 is 19.8 Å². The van der Waals surface area contributed by atoms with Gasteiger partial charge in [0.2, 0.25) is 0 Å². The third-order valence-corrected chi connectivity index (χ3v) is 1.11. The Morgan fingerprint density at radius 2 is 0.833 bits per heavy atom. The van der Waals surface area contributed by atoms with Crippen molar-refractivity contribution in [3.63, 3.8) is 0 Å². The first-order valence-electron chi connectivity index (χ1n) is 3.33. The average Bonchev–Trinajstić information content (AvgIpc) is 2.67. The fraction of sp³-hybridized carbons (Fsp3) is 0. The summed E-state index contributed by atoms with van der Waals surface area (Å²) in [6, 6.07) is 20.0. The van der Waals surface area contributed by atoms with Crippen LogP contribution in [0.4, 0.5) is 0 Å². The van der Waals surface area contributed by atoms with Crippen LogP contribution in [0.3, 0.4) is 0 Å². The zero-order valence-electron chi connectivity index (χ0n) is 6.48. The van der Waals surface area contributed by atoms with Gasteiger partial charge in [0.15, 0.2) is 0 Å². The molecule has 0 nitrogen and oxygen atoms in total. The molecule has 0 saturated heterocycles. The fourth-order valence-electron chi connectivity index (χ4n) is 0.642. The molecular weight excluding hydrogens is 411 g/mol. The molecule has 2 aromatic rings. The van der Waals surface area contributed by atoms with E-state index in [0.29, 0.717) is 0 Å². The van der Waals surface area contributed by atoms with E-state index >= 15 is 0 Å². The van der Waals surface area contributed by atoms with E-state index in [1.54, 1.807) is 0 Å². The van der Waals surface area contributed by atoms with E-state index in [1.807, 2.05) is 60.7 Å². The summed E-state index contributed by atoms with van der Waals surface area (Å²) < 4.78 is 0. The Morgan fingerprint density at radius 3 is 0.917 bits per heavy atom.